The molecule has 0 bridgehead atoms. The van der Waals surface area contributed by atoms with Crippen LogP contribution in [-0.4, -0.2) is 41.9 Å². The third-order valence-electron chi connectivity index (χ3n) is 4.22. The molecule has 0 N–H and O–H groups in total. The summed E-state index contributed by atoms with van der Waals surface area (Å²) in [7, 11) is 0. The van der Waals surface area contributed by atoms with Crippen LogP contribution < -0.4 is 4.74 Å². The van der Waals surface area contributed by atoms with Gasteiger partial charge in [0.05, 0.1) is 0 Å². The zero-order valence-electron chi connectivity index (χ0n) is 14.5. The van der Waals surface area contributed by atoms with Gasteiger partial charge in [0.2, 0.25) is 0 Å². The second-order valence-corrected chi connectivity index (χ2v) is 6.51. The summed E-state index contributed by atoms with van der Waals surface area (Å²) in [5, 5.41) is 0.516. The average Bonchev–Trinajstić information content (AvgIpc) is 3.17. The van der Waals surface area contributed by atoms with Gasteiger partial charge in [0, 0.05) is 17.1 Å². The van der Waals surface area contributed by atoms with Crippen molar-refractivity contribution in [2.24, 2.45) is 0 Å². The van der Waals surface area contributed by atoms with Gasteiger partial charge in [0.1, 0.15) is 11.8 Å². The Morgan fingerprint density at radius 3 is 2.44 bits per heavy atom. The molecule has 27 heavy (non-hydrogen) atoms. The van der Waals surface area contributed by atoms with Gasteiger partial charge in [-0.05, 0) is 49.2 Å². The average molecular weight is 388 g/mol. The Labute approximate surface area is 161 Å². The number of likely N-dealkylation sites (tertiary alicyclic amines) is 1. The van der Waals surface area contributed by atoms with Crippen molar-refractivity contribution < 1.29 is 23.9 Å². The topological polar surface area (TPSA) is 72.9 Å². The Hall–Kier alpha value is -2.86. The molecule has 3 rings (SSSR count). The van der Waals surface area contributed by atoms with Gasteiger partial charge in [-0.25, -0.2) is 9.59 Å². The van der Waals surface area contributed by atoms with E-state index in [2.05, 4.69) is 0 Å². The molecule has 0 spiro atoms. The van der Waals surface area contributed by atoms with E-state index in [4.69, 9.17) is 21.1 Å². The Kier molecular flexibility index (Phi) is 6.08. The van der Waals surface area contributed by atoms with Gasteiger partial charge in [-0.3, -0.25) is 9.69 Å². The molecule has 1 aliphatic heterocycles. The molecule has 140 valence electrons. The number of ketones is 1. The van der Waals surface area contributed by atoms with Gasteiger partial charge in [-0.1, -0.05) is 29.8 Å². The first-order valence-corrected chi connectivity index (χ1v) is 8.91. The third kappa shape index (κ3) is 4.86. The minimum absolute atomic E-state index is 0.337. The lowest BCUT2D eigenvalue weighted by Gasteiger charge is -2.22. The maximum Gasteiger partial charge on any atom is 0.415 e. The van der Waals surface area contributed by atoms with Crippen LogP contribution in [0.3, 0.4) is 0 Å². The molecular formula is C20H18ClNO5. The van der Waals surface area contributed by atoms with Crippen molar-refractivity contribution in [3.05, 3.63) is 65.2 Å². The lowest BCUT2D eigenvalue weighted by atomic mass is 10.1. The first kappa shape index (κ1) is 18.9. The van der Waals surface area contributed by atoms with E-state index in [0.29, 0.717) is 35.7 Å². The predicted molar refractivity (Wildman–Crippen MR) is 98.9 cm³/mol. The number of benzene rings is 2. The molecule has 0 saturated carbocycles. The van der Waals surface area contributed by atoms with Crippen molar-refractivity contribution in [2.45, 2.75) is 18.9 Å². The molecule has 6 nitrogen and oxygen atoms in total. The minimum Gasteiger partial charge on any atom is -0.456 e. The summed E-state index contributed by atoms with van der Waals surface area (Å²) in [5.41, 5.74) is 0.402. The Morgan fingerprint density at radius 2 is 1.74 bits per heavy atom. The number of hydrogen-bond donors (Lipinski definition) is 0. The van der Waals surface area contributed by atoms with Crippen LogP contribution in [0.2, 0.25) is 5.02 Å². The van der Waals surface area contributed by atoms with Crippen LogP contribution in [-0.2, 0) is 9.53 Å². The van der Waals surface area contributed by atoms with Gasteiger partial charge < -0.3 is 9.47 Å². The maximum absolute atomic E-state index is 12.4. The number of nitrogens with zero attached hydrogens (tertiary/aromatic N) is 1. The summed E-state index contributed by atoms with van der Waals surface area (Å²) in [6.45, 7) is 0.00903. The normalized spacial score (nSPS) is 16.0. The van der Waals surface area contributed by atoms with E-state index in [1.807, 2.05) is 6.07 Å². The number of halogens is 1. The van der Waals surface area contributed by atoms with Crippen molar-refractivity contribution in [1.29, 1.82) is 0 Å². The maximum atomic E-state index is 12.4. The summed E-state index contributed by atoms with van der Waals surface area (Å²) in [6, 6.07) is 14.2. The van der Waals surface area contributed by atoms with Crippen LogP contribution in [0.25, 0.3) is 0 Å². The lowest BCUT2D eigenvalue weighted by molar-refractivity contribution is -0.147. The number of rotatable bonds is 5. The van der Waals surface area contributed by atoms with Gasteiger partial charge in [-0.15, -0.1) is 0 Å². The van der Waals surface area contributed by atoms with E-state index in [-0.39, 0.29) is 5.78 Å². The van der Waals surface area contributed by atoms with E-state index < -0.39 is 24.7 Å². The standard InChI is InChI=1S/C20H18ClNO5/c21-15-10-8-14(9-11-15)18(23)13-26-19(24)17-7-4-12-22(17)20(25)27-16-5-2-1-3-6-16/h1-3,5-6,8-11,17H,4,7,12-13H2/t17-/m1/s1. The highest BCUT2D eigenvalue weighted by molar-refractivity contribution is 6.30. The van der Waals surface area contributed by atoms with Gasteiger partial charge in [0.25, 0.3) is 0 Å². The van der Waals surface area contributed by atoms with Gasteiger partial charge >= 0.3 is 12.1 Å². The van der Waals surface area contributed by atoms with Crippen LogP contribution in [0.1, 0.15) is 23.2 Å². The second kappa shape index (κ2) is 8.68. The molecule has 1 amide bonds. The van der Waals surface area contributed by atoms with E-state index in [1.165, 1.54) is 4.90 Å². The summed E-state index contributed by atoms with van der Waals surface area (Å²) in [6.07, 6.45) is 0.525. The van der Waals surface area contributed by atoms with Crippen LogP contribution in [0.5, 0.6) is 5.75 Å². The van der Waals surface area contributed by atoms with Crippen LogP contribution >= 0.6 is 11.6 Å². The molecule has 7 heteroatoms. The molecule has 1 aliphatic rings. The summed E-state index contributed by atoms with van der Waals surface area (Å²) in [4.78, 5) is 38.1. The highest BCUT2D eigenvalue weighted by Crippen LogP contribution is 2.21. The number of Topliss-reactive ketones (excluding diaryl/α,β-unsaturated/α-hetero) is 1. The smallest absolute Gasteiger partial charge is 0.415 e. The molecular weight excluding hydrogens is 370 g/mol. The molecule has 2 aromatic carbocycles. The van der Waals surface area contributed by atoms with Crippen molar-refractivity contribution >= 4 is 29.4 Å². The fraction of sp³-hybridized carbons (Fsp3) is 0.250. The quantitative estimate of drug-likeness (QED) is 0.577. The first-order valence-electron chi connectivity index (χ1n) is 8.53. The zero-order chi connectivity index (χ0) is 19.2. The SMILES string of the molecule is O=C(COC(=O)[C@H]1CCCN1C(=O)Oc1ccccc1)c1ccc(Cl)cc1. The predicted octanol–water partition coefficient (Wildman–Crippen LogP) is 3.73. The summed E-state index contributed by atoms with van der Waals surface area (Å²) < 4.78 is 10.4. The molecule has 0 radical (unpaired) electrons. The molecule has 1 fully saturated rings. The van der Waals surface area contributed by atoms with E-state index in [1.54, 1.807) is 48.5 Å². The monoisotopic (exact) mass is 387 g/mol. The van der Waals surface area contributed by atoms with Gasteiger partial charge in [-0.2, -0.15) is 0 Å². The molecule has 1 atom stereocenters. The molecule has 2 aromatic rings. The Morgan fingerprint density at radius 1 is 1.04 bits per heavy atom. The zero-order valence-corrected chi connectivity index (χ0v) is 15.2. The number of para-hydroxylation sites is 1. The number of amides is 1. The van der Waals surface area contributed by atoms with E-state index in [9.17, 15) is 14.4 Å². The third-order valence-corrected chi connectivity index (χ3v) is 4.47. The largest absolute Gasteiger partial charge is 0.456 e. The minimum atomic E-state index is -0.751. The number of esters is 1. The van der Waals surface area contributed by atoms with Crippen molar-refractivity contribution in [2.75, 3.05) is 13.2 Å². The Bertz CT molecular complexity index is 822. The molecule has 1 saturated heterocycles. The number of hydrogen-bond acceptors (Lipinski definition) is 5. The Balaban J connectivity index is 1.56. The van der Waals surface area contributed by atoms with E-state index in [0.717, 1.165) is 0 Å². The number of ether oxygens (including phenoxy) is 2. The summed E-state index contributed by atoms with van der Waals surface area (Å²) >= 11 is 5.79. The highest BCUT2D eigenvalue weighted by Gasteiger charge is 2.36. The first-order chi connectivity index (χ1) is 13.0. The van der Waals surface area contributed by atoms with Crippen molar-refractivity contribution in [1.82, 2.24) is 4.90 Å². The highest BCUT2D eigenvalue weighted by atomic mass is 35.5. The molecule has 0 unspecified atom stereocenters. The molecule has 0 aromatic heterocycles. The lowest BCUT2D eigenvalue weighted by Crippen LogP contribution is -2.43. The second-order valence-electron chi connectivity index (χ2n) is 6.07. The van der Waals surface area contributed by atoms with Crippen molar-refractivity contribution in [3.63, 3.8) is 0 Å². The van der Waals surface area contributed by atoms with Crippen LogP contribution in [0, 0.1) is 0 Å². The van der Waals surface area contributed by atoms with Crippen LogP contribution in [0.4, 0.5) is 4.79 Å². The summed E-state index contributed by atoms with van der Waals surface area (Å²) in [5.74, 6) is -0.546. The van der Waals surface area contributed by atoms with Crippen LogP contribution in [0.15, 0.2) is 54.6 Å². The fourth-order valence-corrected chi connectivity index (χ4v) is 2.96. The van der Waals surface area contributed by atoms with Gasteiger partial charge in [0.15, 0.2) is 12.4 Å². The molecule has 1 heterocycles. The van der Waals surface area contributed by atoms with Crippen molar-refractivity contribution in [3.8, 4) is 5.75 Å². The number of carbonyl (C=O) groups excluding carboxylic acids is 3. The molecule has 0 aliphatic carbocycles. The van der Waals surface area contributed by atoms with E-state index >= 15 is 0 Å². The fourth-order valence-electron chi connectivity index (χ4n) is 2.83. The number of carbonyl (C=O) groups is 3.